The van der Waals surface area contributed by atoms with E-state index in [1.165, 1.54) is 12.1 Å². The number of hydrogen-bond donors (Lipinski definition) is 2. The van der Waals surface area contributed by atoms with Gasteiger partial charge in [0.2, 0.25) is 0 Å². The first-order valence-corrected chi connectivity index (χ1v) is 5.14. The smallest absolute Gasteiger partial charge is 0.411 e. The minimum absolute atomic E-state index is 0.106. The molecule has 0 radical (unpaired) electrons. The number of aliphatic hydroxyl groups is 1. The Morgan fingerprint density at radius 3 is 2.88 bits per heavy atom. The van der Waals surface area contributed by atoms with E-state index in [-0.39, 0.29) is 24.7 Å². The lowest BCUT2D eigenvalue weighted by Gasteiger charge is -2.08. The maximum Gasteiger partial charge on any atom is 0.411 e. The van der Waals surface area contributed by atoms with E-state index in [2.05, 4.69) is 10.1 Å². The molecule has 0 unspecified atom stereocenters. The molecule has 0 atom stereocenters. The van der Waals surface area contributed by atoms with E-state index in [1.54, 1.807) is 6.92 Å². The number of carbonyl (C=O) groups is 1. The third kappa shape index (κ3) is 4.28. The normalized spacial score (nSPS) is 9.82. The van der Waals surface area contributed by atoms with Gasteiger partial charge in [0.25, 0.3) is 0 Å². The summed E-state index contributed by atoms with van der Waals surface area (Å²) in [5.74, 6) is -0.436. The summed E-state index contributed by atoms with van der Waals surface area (Å²) in [4.78, 5) is 11.1. The SMILES string of the molecule is CCOc1ccc(NC(=O)OCCO)cc1F. The summed E-state index contributed by atoms with van der Waals surface area (Å²) in [5.41, 5.74) is 0.258. The monoisotopic (exact) mass is 243 g/mol. The lowest BCUT2D eigenvalue weighted by Crippen LogP contribution is -2.15. The van der Waals surface area contributed by atoms with Crippen molar-refractivity contribution >= 4 is 11.8 Å². The molecule has 94 valence electrons. The topological polar surface area (TPSA) is 67.8 Å². The fraction of sp³-hybridized carbons (Fsp3) is 0.364. The molecule has 1 aromatic carbocycles. The summed E-state index contributed by atoms with van der Waals surface area (Å²) in [7, 11) is 0. The van der Waals surface area contributed by atoms with Gasteiger partial charge in [-0.3, -0.25) is 5.32 Å². The standard InChI is InChI=1S/C11H14FNO4/c1-2-16-10-4-3-8(7-9(10)12)13-11(15)17-6-5-14/h3-4,7,14H,2,5-6H2,1H3,(H,13,15). The summed E-state index contributed by atoms with van der Waals surface area (Å²) in [6.45, 7) is 1.75. The van der Waals surface area contributed by atoms with Crippen LogP contribution in [-0.2, 0) is 4.74 Å². The van der Waals surface area contributed by atoms with Crippen molar-refractivity contribution < 1.29 is 23.8 Å². The molecule has 1 aromatic rings. The van der Waals surface area contributed by atoms with Crippen molar-refractivity contribution in [1.82, 2.24) is 0 Å². The minimum Gasteiger partial charge on any atom is -0.491 e. The van der Waals surface area contributed by atoms with E-state index < -0.39 is 11.9 Å². The van der Waals surface area contributed by atoms with Crippen LogP contribution in [0.15, 0.2) is 18.2 Å². The number of benzene rings is 1. The molecule has 0 fully saturated rings. The van der Waals surface area contributed by atoms with Crippen molar-refractivity contribution in [3.63, 3.8) is 0 Å². The van der Waals surface area contributed by atoms with Crippen LogP contribution in [0.4, 0.5) is 14.9 Å². The van der Waals surface area contributed by atoms with Crippen molar-refractivity contribution in [2.45, 2.75) is 6.92 Å². The van der Waals surface area contributed by atoms with Crippen LogP contribution < -0.4 is 10.1 Å². The first-order valence-electron chi connectivity index (χ1n) is 5.14. The van der Waals surface area contributed by atoms with E-state index in [0.717, 1.165) is 6.07 Å². The molecule has 1 rings (SSSR count). The highest BCUT2D eigenvalue weighted by molar-refractivity contribution is 5.84. The molecule has 0 aliphatic carbocycles. The van der Waals surface area contributed by atoms with Gasteiger partial charge in [-0.15, -0.1) is 0 Å². The zero-order valence-corrected chi connectivity index (χ0v) is 9.40. The average Bonchev–Trinajstić information content (AvgIpc) is 2.30. The van der Waals surface area contributed by atoms with Crippen molar-refractivity contribution in [3.8, 4) is 5.75 Å². The third-order valence-electron chi connectivity index (χ3n) is 1.80. The maximum absolute atomic E-state index is 13.4. The molecule has 6 heteroatoms. The second-order valence-electron chi connectivity index (χ2n) is 3.06. The highest BCUT2D eigenvalue weighted by atomic mass is 19.1. The molecule has 0 saturated heterocycles. The van der Waals surface area contributed by atoms with Gasteiger partial charge in [-0.05, 0) is 19.1 Å². The molecule has 0 saturated carbocycles. The number of carbonyl (C=O) groups excluding carboxylic acids is 1. The number of anilines is 1. The molecular weight excluding hydrogens is 229 g/mol. The number of hydrogen-bond acceptors (Lipinski definition) is 4. The molecule has 0 aromatic heterocycles. The number of halogens is 1. The molecule has 0 bridgehead atoms. The molecular formula is C11H14FNO4. The van der Waals surface area contributed by atoms with Crippen LogP contribution in [0.2, 0.25) is 0 Å². The second-order valence-corrected chi connectivity index (χ2v) is 3.06. The summed E-state index contributed by atoms with van der Waals surface area (Å²) in [6, 6.07) is 4.04. The van der Waals surface area contributed by atoms with Gasteiger partial charge < -0.3 is 14.6 Å². The number of amides is 1. The highest BCUT2D eigenvalue weighted by Gasteiger charge is 2.07. The van der Waals surface area contributed by atoms with Crippen molar-refractivity contribution in [1.29, 1.82) is 0 Å². The van der Waals surface area contributed by atoms with Gasteiger partial charge in [-0.25, -0.2) is 9.18 Å². The molecule has 5 nitrogen and oxygen atoms in total. The largest absolute Gasteiger partial charge is 0.491 e. The van der Waals surface area contributed by atoms with E-state index >= 15 is 0 Å². The second kappa shape index (κ2) is 6.70. The zero-order valence-electron chi connectivity index (χ0n) is 9.40. The number of ether oxygens (including phenoxy) is 2. The van der Waals surface area contributed by atoms with Crippen LogP contribution in [-0.4, -0.2) is 31.0 Å². The Kier molecular flexibility index (Phi) is 5.22. The van der Waals surface area contributed by atoms with E-state index in [1.807, 2.05) is 0 Å². The summed E-state index contributed by atoms with van der Waals surface area (Å²) in [6.07, 6.45) is -0.748. The third-order valence-corrected chi connectivity index (χ3v) is 1.80. The van der Waals surface area contributed by atoms with Crippen molar-refractivity contribution in [3.05, 3.63) is 24.0 Å². The lowest BCUT2D eigenvalue weighted by molar-refractivity contribution is 0.131. The predicted molar refractivity (Wildman–Crippen MR) is 59.6 cm³/mol. The number of rotatable bonds is 5. The predicted octanol–water partition coefficient (Wildman–Crippen LogP) is 1.77. The molecule has 0 heterocycles. The first kappa shape index (κ1) is 13.2. The number of nitrogens with one attached hydrogen (secondary N) is 1. The Hall–Kier alpha value is -1.82. The van der Waals surface area contributed by atoms with Crippen LogP contribution in [0.3, 0.4) is 0 Å². The van der Waals surface area contributed by atoms with Crippen LogP contribution in [0.1, 0.15) is 6.92 Å². The van der Waals surface area contributed by atoms with E-state index in [4.69, 9.17) is 9.84 Å². The Balaban J connectivity index is 2.60. The zero-order chi connectivity index (χ0) is 12.7. The van der Waals surface area contributed by atoms with Gasteiger partial charge in [0.15, 0.2) is 11.6 Å². The van der Waals surface area contributed by atoms with Crippen molar-refractivity contribution in [2.75, 3.05) is 25.1 Å². The minimum atomic E-state index is -0.748. The average molecular weight is 243 g/mol. The van der Waals surface area contributed by atoms with E-state index in [9.17, 15) is 9.18 Å². The molecule has 0 spiro atoms. The fourth-order valence-corrected chi connectivity index (χ4v) is 1.14. The number of aliphatic hydroxyl groups excluding tert-OH is 1. The lowest BCUT2D eigenvalue weighted by atomic mass is 10.3. The quantitative estimate of drug-likeness (QED) is 0.827. The van der Waals surface area contributed by atoms with Crippen LogP contribution in [0, 0.1) is 5.82 Å². The van der Waals surface area contributed by atoms with Crippen LogP contribution >= 0.6 is 0 Å². The maximum atomic E-state index is 13.4. The summed E-state index contributed by atoms with van der Waals surface area (Å²) < 4.78 is 23.0. The van der Waals surface area contributed by atoms with Gasteiger partial charge >= 0.3 is 6.09 Å². The molecule has 0 aliphatic heterocycles. The molecule has 1 amide bonds. The molecule has 2 N–H and O–H groups in total. The summed E-state index contributed by atoms with van der Waals surface area (Å²) >= 11 is 0. The van der Waals surface area contributed by atoms with Gasteiger partial charge in [0.1, 0.15) is 6.61 Å². The molecule has 17 heavy (non-hydrogen) atoms. The first-order chi connectivity index (χ1) is 8.17. The molecule has 0 aliphatic rings. The Morgan fingerprint density at radius 2 is 2.29 bits per heavy atom. The van der Waals surface area contributed by atoms with Gasteiger partial charge in [-0.2, -0.15) is 0 Å². The van der Waals surface area contributed by atoms with Gasteiger partial charge in [0, 0.05) is 11.8 Å². The van der Waals surface area contributed by atoms with E-state index in [0.29, 0.717) is 6.61 Å². The highest BCUT2D eigenvalue weighted by Crippen LogP contribution is 2.21. The van der Waals surface area contributed by atoms with Crippen molar-refractivity contribution in [2.24, 2.45) is 0 Å². The summed E-state index contributed by atoms with van der Waals surface area (Å²) in [5, 5.41) is 10.8. The van der Waals surface area contributed by atoms with Crippen LogP contribution in [0.25, 0.3) is 0 Å². The van der Waals surface area contributed by atoms with Gasteiger partial charge in [0.05, 0.1) is 13.2 Å². The Morgan fingerprint density at radius 1 is 1.53 bits per heavy atom. The Labute approximate surface area is 98.2 Å². The van der Waals surface area contributed by atoms with Gasteiger partial charge in [-0.1, -0.05) is 0 Å². The fourth-order valence-electron chi connectivity index (χ4n) is 1.14. The Bertz CT molecular complexity index is 384. The van der Waals surface area contributed by atoms with Crippen LogP contribution in [0.5, 0.6) is 5.75 Å².